The van der Waals surface area contributed by atoms with Gasteiger partial charge in [-0.1, -0.05) is 6.07 Å². The monoisotopic (exact) mass is 327 g/mol. The Morgan fingerprint density at radius 2 is 2.38 bits per heavy atom. The van der Waals surface area contributed by atoms with Gasteiger partial charge in [0, 0.05) is 39.0 Å². The normalized spacial score (nSPS) is 27.6. The van der Waals surface area contributed by atoms with E-state index in [0.29, 0.717) is 6.04 Å². The molecule has 2 fully saturated rings. The zero-order chi connectivity index (χ0) is 16.4. The maximum atomic E-state index is 6.29. The smallest absolute Gasteiger partial charge is 0.126 e. The van der Waals surface area contributed by atoms with Crippen LogP contribution in [0.3, 0.4) is 0 Å². The number of nitrogens with zero attached hydrogens (tertiary/aromatic N) is 4. The van der Waals surface area contributed by atoms with Crippen LogP contribution >= 0.6 is 0 Å². The second-order valence-electron chi connectivity index (χ2n) is 7.06. The average Bonchev–Trinajstić information content (AvgIpc) is 3.16. The van der Waals surface area contributed by atoms with Gasteiger partial charge in [-0.2, -0.15) is 0 Å². The van der Waals surface area contributed by atoms with E-state index in [1.54, 1.807) is 0 Å². The van der Waals surface area contributed by atoms with E-state index >= 15 is 0 Å². The predicted octanol–water partition coefficient (Wildman–Crippen LogP) is 2.05. The van der Waals surface area contributed by atoms with Gasteiger partial charge in [-0.3, -0.25) is 4.90 Å². The fourth-order valence-electron chi connectivity index (χ4n) is 3.97. The van der Waals surface area contributed by atoms with Gasteiger partial charge in [0.05, 0.1) is 30.3 Å². The second-order valence-corrected chi connectivity index (χ2v) is 7.06. The van der Waals surface area contributed by atoms with E-state index in [2.05, 4.69) is 31.8 Å². The molecule has 24 heavy (non-hydrogen) atoms. The maximum Gasteiger partial charge on any atom is 0.126 e. The summed E-state index contributed by atoms with van der Waals surface area (Å²) in [6.07, 6.45) is 9.04. The van der Waals surface area contributed by atoms with Crippen LogP contribution in [0.2, 0.25) is 0 Å². The number of piperidine rings is 1. The summed E-state index contributed by atoms with van der Waals surface area (Å²) < 4.78 is 8.39. The van der Waals surface area contributed by atoms with Crippen LogP contribution in [0.5, 0.6) is 0 Å². The molecule has 0 bridgehead atoms. The Morgan fingerprint density at radius 3 is 3.17 bits per heavy atom. The van der Waals surface area contributed by atoms with Gasteiger partial charge in [-0.05, 0) is 31.5 Å². The molecular formula is C18H25N5O. The Hall–Kier alpha value is -1.92. The lowest BCUT2D eigenvalue weighted by Gasteiger charge is -2.39. The third-order valence-corrected chi connectivity index (χ3v) is 5.15. The predicted molar refractivity (Wildman–Crippen MR) is 92.7 cm³/mol. The van der Waals surface area contributed by atoms with Crippen molar-refractivity contribution in [2.24, 2.45) is 7.05 Å². The Morgan fingerprint density at radius 1 is 1.42 bits per heavy atom. The molecule has 2 aliphatic heterocycles. The molecular weight excluding hydrogens is 302 g/mol. The van der Waals surface area contributed by atoms with Crippen LogP contribution < -0.4 is 5.32 Å². The van der Waals surface area contributed by atoms with Gasteiger partial charge >= 0.3 is 0 Å². The van der Waals surface area contributed by atoms with Crippen molar-refractivity contribution < 1.29 is 4.74 Å². The minimum Gasteiger partial charge on any atom is -0.371 e. The van der Waals surface area contributed by atoms with Crippen molar-refractivity contribution in [1.29, 1.82) is 0 Å². The number of aryl methyl sites for hydroxylation is 1. The zero-order valence-electron chi connectivity index (χ0n) is 14.2. The van der Waals surface area contributed by atoms with Gasteiger partial charge in [0.25, 0.3) is 0 Å². The number of anilines is 1. The van der Waals surface area contributed by atoms with Gasteiger partial charge in [0.2, 0.25) is 0 Å². The highest BCUT2D eigenvalue weighted by Gasteiger charge is 2.43. The molecule has 2 aliphatic rings. The Kier molecular flexibility index (Phi) is 4.24. The molecule has 4 rings (SSSR count). The molecule has 128 valence electrons. The Bertz CT molecular complexity index is 673. The molecule has 0 amide bonds. The number of rotatable bonds is 4. The molecule has 0 radical (unpaired) electrons. The first-order valence-electron chi connectivity index (χ1n) is 8.72. The third-order valence-electron chi connectivity index (χ3n) is 5.15. The molecule has 0 aromatic carbocycles. The molecule has 1 N–H and O–H groups in total. The molecule has 0 aliphatic carbocycles. The van der Waals surface area contributed by atoms with E-state index in [1.807, 2.05) is 36.9 Å². The third kappa shape index (κ3) is 3.30. The van der Waals surface area contributed by atoms with Crippen molar-refractivity contribution in [3.05, 3.63) is 42.6 Å². The number of imidazole rings is 1. The largest absolute Gasteiger partial charge is 0.371 e. The summed E-state index contributed by atoms with van der Waals surface area (Å²) in [5.74, 6) is 0.936. The minimum atomic E-state index is -0.0106. The van der Waals surface area contributed by atoms with Gasteiger partial charge in [-0.25, -0.2) is 9.97 Å². The molecule has 2 aromatic heterocycles. The first-order chi connectivity index (χ1) is 11.7. The van der Waals surface area contributed by atoms with Crippen LogP contribution in [-0.2, 0) is 18.3 Å². The van der Waals surface area contributed by atoms with Crippen molar-refractivity contribution >= 4 is 5.82 Å². The van der Waals surface area contributed by atoms with Crippen LogP contribution in [0.1, 0.15) is 25.0 Å². The van der Waals surface area contributed by atoms with E-state index in [9.17, 15) is 0 Å². The standard InChI is InChI=1S/C18H25N5O/c1-22-14-19-10-16(22)11-23-8-4-6-18(13-23)9-15(12-24-18)21-17-5-2-3-7-20-17/h2-3,5,7,10,14-15H,4,6,8-9,11-13H2,1H3,(H,20,21)/t15-,18-/m1/s1. The van der Waals surface area contributed by atoms with Gasteiger partial charge in [-0.15, -0.1) is 0 Å². The van der Waals surface area contributed by atoms with E-state index in [1.165, 1.54) is 12.1 Å². The highest BCUT2D eigenvalue weighted by atomic mass is 16.5. The number of hydrogen-bond donors (Lipinski definition) is 1. The van der Waals surface area contributed by atoms with Crippen molar-refractivity contribution in [3.8, 4) is 0 Å². The molecule has 2 saturated heterocycles. The van der Waals surface area contributed by atoms with Gasteiger partial charge < -0.3 is 14.6 Å². The summed E-state index contributed by atoms with van der Waals surface area (Å²) in [6, 6.07) is 6.31. The Labute approximate surface area is 142 Å². The first kappa shape index (κ1) is 15.6. The second kappa shape index (κ2) is 6.53. The Balaban J connectivity index is 1.38. The SMILES string of the molecule is Cn1cncc1CN1CCC[C@@]2(C[C@@H](Nc3ccccn3)CO2)C1. The number of hydrogen-bond acceptors (Lipinski definition) is 5. The lowest BCUT2D eigenvalue weighted by atomic mass is 9.88. The van der Waals surface area contributed by atoms with Gasteiger partial charge in [0.15, 0.2) is 0 Å². The lowest BCUT2D eigenvalue weighted by Crippen LogP contribution is -2.47. The van der Waals surface area contributed by atoms with E-state index in [4.69, 9.17) is 4.74 Å². The fourth-order valence-corrected chi connectivity index (χ4v) is 3.97. The van der Waals surface area contributed by atoms with E-state index in [-0.39, 0.29) is 5.60 Å². The van der Waals surface area contributed by atoms with Crippen LogP contribution in [0.15, 0.2) is 36.9 Å². The molecule has 2 atom stereocenters. The lowest BCUT2D eigenvalue weighted by molar-refractivity contribution is -0.0537. The van der Waals surface area contributed by atoms with Crippen molar-refractivity contribution in [2.45, 2.75) is 37.5 Å². The fraction of sp³-hybridized carbons (Fsp3) is 0.556. The van der Waals surface area contributed by atoms with Crippen LogP contribution in [0.4, 0.5) is 5.82 Å². The van der Waals surface area contributed by atoms with E-state index < -0.39 is 0 Å². The van der Waals surface area contributed by atoms with Crippen LogP contribution in [-0.4, -0.2) is 50.8 Å². The average molecular weight is 327 g/mol. The number of nitrogens with one attached hydrogen (secondary N) is 1. The minimum absolute atomic E-state index is 0.0106. The number of aromatic nitrogens is 3. The summed E-state index contributed by atoms with van der Waals surface area (Å²) in [7, 11) is 2.06. The van der Waals surface area contributed by atoms with Crippen molar-refractivity contribution in [2.75, 3.05) is 25.0 Å². The van der Waals surface area contributed by atoms with Crippen molar-refractivity contribution in [3.63, 3.8) is 0 Å². The summed E-state index contributed by atoms with van der Waals surface area (Å²) in [4.78, 5) is 11.1. The zero-order valence-corrected chi connectivity index (χ0v) is 14.2. The summed E-state index contributed by atoms with van der Waals surface area (Å²) in [5, 5.41) is 3.51. The molecule has 6 nitrogen and oxygen atoms in total. The molecule has 0 saturated carbocycles. The summed E-state index contributed by atoms with van der Waals surface area (Å²) in [5.41, 5.74) is 1.25. The number of ether oxygens (including phenoxy) is 1. The number of pyridine rings is 1. The maximum absolute atomic E-state index is 6.29. The highest BCUT2D eigenvalue weighted by molar-refractivity contribution is 5.35. The molecule has 4 heterocycles. The molecule has 2 aromatic rings. The van der Waals surface area contributed by atoms with Crippen LogP contribution in [0.25, 0.3) is 0 Å². The van der Waals surface area contributed by atoms with E-state index in [0.717, 1.165) is 44.9 Å². The van der Waals surface area contributed by atoms with Gasteiger partial charge in [0.1, 0.15) is 5.82 Å². The quantitative estimate of drug-likeness (QED) is 0.931. The molecule has 1 spiro atoms. The summed E-state index contributed by atoms with van der Waals surface area (Å²) >= 11 is 0. The molecule has 0 unspecified atom stereocenters. The molecule has 6 heteroatoms. The highest BCUT2D eigenvalue weighted by Crippen LogP contribution is 2.36. The number of likely N-dealkylation sites (tertiary alicyclic amines) is 1. The topological polar surface area (TPSA) is 55.2 Å². The van der Waals surface area contributed by atoms with Crippen molar-refractivity contribution in [1.82, 2.24) is 19.4 Å². The summed E-state index contributed by atoms with van der Waals surface area (Å²) in [6.45, 7) is 3.84. The van der Waals surface area contributed by atoms with Crippen LogP contribution in [0, 0.1) is 0 Å². The first-order valence-corrected chi connectivity index (χ1v) is 8.72.